The molecular formula is C15H21NO9. The summed E-state index contributed by atoms with van der Waals surface area (Å²) in [5.74, 6) is -12.1. The van der Waals surface area contributed by atoms with Crippen LogP contribution in [0, 0.1) is 23.7 Å². The number of aliphatic carboxylic acids is 4. The van der Waals surface area contributed by atoms with Crippen LogP contribution in [0.1, 0.15) is 26.7 Å². The van der Waals surface area contributed by atoms with Crippen molar-refractivity contribution in [1.82, 2.24) is 5.32 Å². The maximum absolute atomic E-state index is 12.8. The van der Waals surface area contributed by atoms with E-state index in [1.54, 1.807) is 0 Å². The number of carbonyl (C=O) groups excluding carboxylic acids is 1. The number of Topliss-reactive ketones (excluding diaryl/α,β-unsaturated/α-hetero) is 1. The lowest BCUT2D eigenvalue weighted by Gasteiger charge is -2.42. The zero-order valence-electron chi connectivity index (χ0n) is 13.7. The first kappa shape index (κ1) is 20.6. The Balaban J connectivity index is 3.26. The maximum atomic E-state index is 12.8. The second-order valence-electron chi connectivity index (χ2n) is 6.28. The van der Waals surface area contributed by atoms with Crippen LogP contribution in [0.2, 0.25) is 0 Å². The lowest BCUT2D eigenvalue weighted by molar-refractivity contribution is -0.159. The summed E-state index contributed by atoms with van der Waals surface area (Å²) < 4.78 is 0. The molecule has 0 radical (unpaired) electrons. The molecule has 1 aliphatic heterocycles. The van der Waals surface area contributed by atoms with E-state index in [4.69, 9.17) is 10.2 Å². The van der Waals surface area contributed by atoms with Crippen LogP contribution in [-0.2, 0) is 24.0 Å². The molecule has 6 atom stereocenters. The van der Waals surface area contributed by atoms with Gasteiger partial charge in [-0.2, -0.15) is 0 Å². The number of ketones is 1. The van der Waals surface area contributed by atoms with E-state index in [0.717, 1.165) is 0 Å². The molecule has 6 unspecified atom stereocenters. The smallest absolute Gasteiger partial charge is 0.307 e. The summed E-state index contributed by atoms with van der Waals surface area (Å²) >= 11 is 0. The third-order valence-electron chi connectivity index (χ3n) is 4.55. The zero-order chi connectivity index (χ0) is 19.5. The van der Waals surface area contributed by atoms with Crippen molar-refractivity contribution >= 4 is 29.7 Å². The Morgan fingerprint density at radius 2 is 1.16 bits per heavy atom. The van der Waals surface area contributed by atoms with Crippen molar-refractivity contribution < 1.29 is 44.4 Å². The second-order valence-corrected chi connectivity index (χ2v) is 6.28. The van der Waals surface area contributed by atoms with Gasteiger partial charge in [-0.15, -0.1) is 0 Å². The average Bonchev–Trinajstić information content (AvgIpc) is 2.43. The van der Waals surface area contributed by atoms with Crippen molar-refractivity contribution in [3.8, 4) is 0 Å². The van der Waals surface area contributed by atoms with Gasteiger partial charge >= 0.3 is 23.9 Å². The predicted molar refractivity (Wildman–Crippen MR) is 80.8 cm³/mol. The molecule has 0 spiro atoms. The molecule has 10 nitrogen and oxygen atoms in total. The van der Waals surface area contributed by atoms with Crippen LogP contribution in [0.3, 0.4) is 0 Å². The van der Waals surface area contributed by atoms with E-state index in [-0.39, 0.29) is 0 Å². The number of rotatable bonds is 8. The summed E-state index contributed by atoms with van der Waals surface area (Å²) in [6.07, 6.45) is -1.59. The molecule has 0 saturated carbocycles. The highest BCUT2D eigenvalue weighted by Crippen LogP contribution is 2.35. The van der Waals surface area contributed by atoms with Gasteiger partial charge in [0.05, 0.1) is 24.7 Å². The lowest BCUT2D eigenvalue weighted by atomic mass is 9.68. The van der Waals surface area contributed by atoms with Gasteiger partial charge in [0.2, 0.25) is 0 Å². The Labute approximate surface area is 142 Å². The molecule has 0 aliphatic carbocycles. The fourth-order valence-corrected chi connectivity index (χ4v) is 3.54. The van der Waals surface area contributed by atoms with Gasteiger partial charge in [-0.3, -0.25) is 24.0 Å². The third kappa shape index (κ3) is 4.75. The summed E-state index contributed by atoms with van der Waals surface area (Å²) in [6.45, 7) is 3.03. The molecule has 1 fully saturated rings. The number of carboxylic acid groups (broad SMARTS) is 4. The van der Waals surface area contributed by atoms with Crippen LogP contribution >= 0.6 is 0 Å². The number of piperidine rings is 1. The Kier molecular flexibility index (Phi) is 6.63. The van der Waals surface area contributed by atoms with Crippen LogP contribution in [0.4, 0.5) is 0 Å². The molecule has 0 aromatic rings. The monoisotopic (exact) mass is 359 g/mol. The van der Waals surface area contributed by atoms with E-state index < -0.39 is 78.3 Å². The van der Waals surface area contributed by atoms with Crippen LogP contribution in [0.25, 0.3) is 0 Å². The van der Waals surface area contributed by atoms with Crippen LogP contribution in [0.5, 0.6) is 0 Å². The molecule has 0 amide bonds. The Morgan fingerprint density at radius 3 is 1.40 bits per heavy atom. The van der Waals surface area contributed by atoms with Crippen molar-refractivity contribution in [3.63, 3.8) is 0 Å². The Morgan fingerprint density at radius 1 is 0.840 bits per heavy atom. The predicted octanol–water partition coefficient (Wildman–Crippen LogP) is -0.481. The summed E-state index contributed by atoms with van der Waals surface area (Å²) in [7, 11) is 0. The Hall–Kier alpha value is -2.49. The first-order valence-corrected chi connectivity index (χ1v) is 7.66. The van der Waals surface area contributed by atoms with Crippen LogP contribution < -0.4 is 5.32 Å². The Bertz CT molecular complexity index is 540. The molecule has 0 aromatic heterocycles. The van der Waals surface area contributed by atoms with Gasteiger partial charge in [0.1, 0.15) is 5.78 Å². The van der Waals surface area contributed by atoms with E-state index in [1.165, 1.54) is 13.8 Å². The number of nitrogens with one attached hydrogen (secondary N) is 1. The normalized spacial score (nSPS) is 28.8. The minimum atomic E-state index is -1.54. The zero-order valence-corrected chi connectivity index (χ0v) is 13.7. The number of hydrogen-bond acceptors (Lipinski definition) is 6. The van der Waals surface area contributed by atoms with Gasteiger partial charge in [0.15, 0.2) is 0 Å². The molecule has 1 aliphatic rings. The number of carboxylic acids is 4. The van der Waals surface area contributed by atoms with Crippen molar-refractivity contribution in [2.24, 2.45) is 23.7 Å². The highest BCUT2D eigenvalue weighted by Gasteiger charge is 2.50. The van der Waals surface area contributed by atoms with Crippen molar-refractivity contribution in [2.75, 3.05) is 0 Å². The molecule has 140 valence electrons. The first-order valence-electron chi connectivity index (χ1n) is 7.66. The van der Waals surface area contributed by atoms with E-state index in [2.05, 4.69) is 5.32 Å². The minimum absolute atomic E-state index is 0.696. The molecule has 1 saturated heterocycles. The summed E-state index contributed by atoms with van der Waals surface area (Å²) in [5.41, 5.74) is 0. The number of carbonyl (C=O) groups is 5. The van der Waals surface area contributed by atoms with Crippen LogP contribution in [-0.4, -0.2) is 62.2 Å². The van der Waals surface area contributed by atoms with E-state index >= 15 is 0 Å². The van der Waals surface area contributed by atoms with Gasteiger partial charge < -0.3 is 25.7 Å². The molecule has 1 rings (SSSR count). The fraction of sp³-hybridized carbons (Fsp3) is 0.667. The summed E-state index contributed by atoms with van der Waals surface area (Å²) in [5, 5.41) is 39.3. The van der Waals surface area contributed by atoms with Crippen molar-refractivity contribution in [2.45, 2.75) is 38.8 Å². The molecule has 5 N–H and O–H groups in total. The van der Waals surface area contributed by atoms with Gasteiger partial charge in [0, 0.05) is 23.9 Å². The largest absolute Gasteiger partial charge is 0.481 e. The lowest BCUT2D eigenvalue weighted by Crippen LogP contribution is -2.60. The minimum Gasteiger partial charge on any atom is -0.481 e. The van der Waals surface area contributed by atoms with E-state index in [9.17, 15) is 34.2 Å². The highest BCUT2D eigenvalue weighted by atomic mass is 16.4. The third-order valence-corrected chi connectivity index (χ3v) is 4.55. The topological polar surface area (TPSA) is 178 Å². The fourth-order valence-electron chi connectivity index (χ4n) is 3.54. The number of hydrogen-bond donors (Lipinski definition) is 5. The SMILES string of the molecule is CC1NC(C)C(C(CC(=O)O)C(=O)O)C(=O)C1C(CC(=O)O)C(=O)O. The van der Waals surface area contributed by atoms with Gasteiger partial charge in [-0.1, -0.05) is 0 Å². The van der Waals surface area contributed by atoms with Crippen molar-refractivity contribution in [1.29, 1.82) is 0 Å². The molecule has 0 aromatic carbocycles. The van der Waals surface area contributed by atoms with E-state index in [0.29, 0.717) is 0 Å². The molecule has 10 heteroatoms. The molecule has 0 bridgehead atoms. The average molecular weight is 359 g/mol. The standard InChI is InChI=1S/C15H21NO9/c1-5-11(7(14(22)23)3-9(17)18)13(21)12(6(2)16-5)8(15(24)25)4-10(19)20/h5-8,11-12,16H,3-4H2,1-2H3,(H,17,18)(H,19,20)(H,22,23)(H,24,25). The first-order chi connectivity index (χ1) is 11.5. The summed E-state index contributed by atoms with van der Waals surface area (Å²) in [6, 6.07) is -1.39. The summed E-state index contributed by atoms with van der Waals surface area (Å²) in [4.78, 5) is 57.6. The van der Waals surface area contributed by atoms with Crippen molar-refractivity contribution in [3.05, 3.63) is 0 Å². The highest BCUT2D eigenvalue weighted by molar-refractivity contribution is 5.94. The quantitative estimate of drug-likeness (QED) is 0.380. The second kappa shape index (κ2) is 8.06. The van der Waals surface area contributed by atoms with Gasteiger partial charge in [0.25, 0.3) is 0 Å². The van der Waals surface area contributed by atoms with Gasteiger partial charge in [-0.05, 0) is 13.8 Å². The molecular weight excluding hydrogens is 338 g/mol. The van der Waals surface area contributed by atoms with Gasteiger partial charge in [-0.25, -0.2) is 0 Å². The van der Waals surface area contributed by atoms with E-state index in [1.807, 2.05) is 0 Å². The molecule has 25 heavy (non-hydrogen) atoms. The molecule has 1 heterocycles. The maximum Gasteiger partial charge on any atom is 0.307 e. The van der Waals surface area contributed by atoms with Crippen LogP contribution in [0.15, 0.2) is 0 Å².